The molecule has 0 spiro atoms. The van der Waals surface area contributed by atoms with Gasteiger partial charge in [-0.3, -0.25) is 4.79 Å². The fourth-order valence-electron chi connectivity index (χ4n) is 1.90. The van der Waals surface area contributed by atoms with Crippen LogP contribution in [0, 0.1) is 6.92 Å². The van der Waals surface area contributed by atoms with Crippen LogP contribution in [0.1, 0.15) is 16.1 Å². The molecule has 0 saturated heterocycles. The van der Waals surface area contributed by atoms with Crippen LogP contribution in [0.2, 0.25) is 0 Å². The van der Waals surface area contributed by atoms with Gasteiger partial charge in [0.1, 0.15) is 5.82 Å². The van der Waals surface area contributed by atoms with Gasteiger partial charge in [-0.2, -0.15) is 0 Å². The Labute approximate surface area is 112 Å². The molecule has 3 N–H and O–H groups in total. The molecule has 0 bridgehead atoms. The summed E-state index contributed by atoms with van der Waals surface area (Å²) in [4.78, 5) is 36.8. The first kappa shape index (κ1) is 12.1. The van der Waals surface area contributed by atoms with Crippen LogP contribution in [-0.4, -0.2) is 31.0 Å². The highest BCUT2D eigenvalue weighted by Crippen LogP contribution is 2.17. The average molecular weight is 270 g/mol. The van der Waals surface area contributed by atoms with Gasteiger partial charge in [0.15, 0.2) is 11.1 Å². The molecule has 0 aromatic carbocycles. The summed E-state index contributed by atoms with van der Waals surface area (Å²) in [6, 6.07) is 2.90. The molecule has 20 heavy (non-hydrogen) atoms. The third-order valence-corrected chi connectivity index (χ3v) is 2.90. The molecular formula is C13H10N4O3. The maximum absolute atomic E-state index is 11.9. The number of pyridine rings is 2. The van der Waals surface area contributed by atoms with Crippen LogP contribution in [0.15, 0.2) is 29.3 Å². The van der Waals surface area contributed by atoms with Gasteiger partial charge < -0.3 is 15.1 Å². The van der Waals surface area contributed by atoms with Gasteiger partial charge in [0.2, 0.25) is 0 Å². The van der Waals surface area contributed by atoms with E-state index in [4.69, 9.17) is 5.11 Å². The first-order chi connectivity index (χ1) is 9.54. The summed E-state index contributed by atoms with van der Waals surface area (Å²) in [6.07, 6.45) is 2.79. The van der Waals surface area contributed by atoms with E-state index in [0.717, 1.165) is 5.69 Å². The predicted molar refractivity (Wildman–Crippen MR) is 71.6 cm³/mol. The van der Waals surface area contributed by atoms with E-state index >= 15 is 0 Å². The van der Waals surface area contributed by atoms with Gasteiger partial charge in [0.05, 0.1) is 16.6 Å². The Kier molecular flexibility index (Phi) is 2.60. The molecule has 0 aliphatic rings. The minimum Gasteiger partial charge on any atom is -0.478 e. The number of nitrogens with one attached hydrogen (secondary N) is 2. The van der Waals surface area contributed by atoms with Gasteiger partial charge in [0, 0.05) is 24.2 Å². The molecule has 0 unspecified atom stereocenters. The van der Waals surface area contributed by atoms with Crippen molar-refractivity contribution in [3.05, 3.63) is 46.0 Å². The van der Waals surface area contributed by atoms with E-state index in [0.29, 0.717) is 22.6 Å². The highest BCUT2D eigenvalue weighted by molar-refractivity contribution is 5.91. The Morgan fingerprint density at radius 2 is 2.15 bits per heavy atom. The topological polar surface area (TPSA) is 112 Å². The lowest BCUT2D eigenvalue weighted by Gasteiger charge is -1.96. The standard InChI is InChI=1S/C13H10N4O3/c1-6-2-10(18)8(5-14-6)11-16-9-3-7(13(19)20)4-15-12(9)17-11/h2-5H,1H3,(H,14,18)(H,19,20)(H,15,16,17). The maximum Gasteiger partial charge on any atom is 0.337 e. The molecular weight excluding hydrogens is 260 g/mol. The van der Waals surface area contributed by atoms with Gasteiger partial charge in [-0.05, 0) is 13.0 Å². The minimum absolute atomic E-state index is 0.0607. The number of aryl methyl sites for hydroxylation is 1. The van der Waals surface area contributed by atoms with E-state index < -0.39 is 5.97 Å². The molecule has 3 heterocycles. The Bertz CT molecular complexity index is 879. The van der Waals surface area contributed by atoms with Crippen molar-refractivity contribution in [2.24, 2.45) is 0 Å². The van der Waals surface area contributed by atoms with E-state index in [-0.39, 0.29) is 11.0 Å². The lowest BCUT2D eigenvalue weighted by Crippen LogP contribution is -2.05. The summed E-state index contributed by atoms with van der Waals surface area (Å²) >= 11 is 0. The van der Waals surface area contributed by atoms with Gasteiger partial charge in [0.25, 0.3) is 0 Å². The molecule has 7 heteroatoms. The number of H-pyrrole nitrogens is 2. The number of aromatic amines is 2. The van der Waals surface area contributed by atoms with E-state index in [1.54, 1.807) is 13.1 Å². The number of hydrogen-bond acceptors (Lipinski definition) is 4. The van der Waals surface area contributed by atoms with Crippen molar-refractivity contribution in [1.82, 2.24) is 19.9 Å². The number of rotatable bonds is 2. The van der Waals surface area contributed by atoms with Crippen LogP contribution in [0.25, 0.3) is 22.6 Å². The second-order valence-electron chi connectivity index (χ2n) is 4.38. The fourth-order valence-corrected chi connectivity index (χ4v) is 1.90. The molecule has 0 saturated carbocycles. The summed E-state index contributed by atoms with van der Waals surface area (Å²) in [7, 11) is 0. The summed E-state index contributed by atoms with van der Waals surface area (Å²) < 4.78 is 0. The predicted octanol–water partition coefficient (Wildman–Crippen LogP) is 1.32. The molecule has 3 aromatic rings. The number of aromatic nitrogens is 4. The molecule has 7 nitrogen and oxygen atoms in total. The number of fused-ring (bicyclic) bond motifs is 1. The zero-order valence-electron chi connectivity index (χ0n) is 10.5. The lowest BCUT2D eigenvalue weighted by molar-refractivity contribution is 0.0696. The quantitative estimate of drug-likeness (QED) is 0.650. The normalized spacial score (nSPS) is 10.8. The van der Waals surface area contributed by atoms with Crippen LogP contribution in [0.4, 0.5) is 0 Å². The van der Waals surface area contributed by atoms with Crippen molar-refractivity contribution in [1.29, 1.82) is 0 Å². The second kappa shape index (κ2) is 4.30. The van der Waals surface area contributed by atoms with Crippen molar-refractivity contribution in [2.75, 3.05) is 0 Å². The van der Waals surface area contributed by atoms with Gasteiger partial charge in [-0.25, -0.2) is 14.8 Å². The van der Waals surface area contributed by atoms with Crippen molar-refractivity contribution < 1.29 is 9.90 Å². The van der Waals surface area contributed by atoms with Gasteiger partial charge in [-0.15, -0.1) is 0 Å². The maximum atomic E-state index is 11.9. The van der Waals surface area contributed by atoms with E-state index in [1.807, 2.05) is 0 Å². The van der Waals surface area contributed by atoms with Crippen LogP contribution in [-0.2, 0) is 0 Å². The molecule has 0 fully saturated rings. The van der Waals surface area contributed by atoms with E-state index in [1.165, 1.54) is 18.3 Å². The zero-order chi connectivity index (χ0) is 14.3. The summed E-state index contributed by atoms with van der Waals surface area (Å²) in [5.74, 6) is -0.708. The van der Waals surface area contributed by atoms with Gasteiger partial charge >= 0.3 is 5.97 Å². The Hall–Kier alpha value is -2.96. The minimum atomic E-state index is -1.07. The fraction of sp³-hybridized carbons (Fsp3) is 0.0769. The Balaban J connectivity index is 2.17. The Morgan fingerprint density at radius 3 is 2.85 bits per heavy atom. The monoisotopic (exact) mass is 270 g/mol. The molecule has 0 aliphatic carbocycles. The van der Waals surface area contributed by atoms with Crippen LogP contribution in [0.5, 0.6) is 0 Å². The van der Waals surface area contributed by atoms with Crippen molar-refractivity contribution in [2.45, 2.75) is 6.92 Å². The highest BCUT2D eigenvalue weighted by atomic mass is 16.4. The van der Waals surface area contributed by atoms with Crippen LogP contribution >= 0.6 is 0 Å². The van der Waals surface area contributed by atoms with E-state index in [2.05, 4.69) is 19.9 Å². The molecule has 3 aromatic heterocycles. The number of aromatic carboxylic acids is 1. The van der Waals surface area contributed by atoms with Crippen LogP contribution < -0.4 is 5.43 Å². The number of carbonyl (C=O) groups is 1. The number of imidazole rings is 1. The third-order valence-electron chi connectivity index (χ3n) is 2.90. The first-order valence-electron chi connectivity index (χ1n) is 5.83. The Morgan fingerprint density at radius 1 is 1.35 bits per heavy atom. The van der Waals surface area contributed by atoms with Crippen molar-refractivity contribution in [3.63, 3.8) is 0 Å². The summed E-state index contributed by atoms with van der Waals surface area (Å²) in [6.45, 7) is 1.78. The summed E-state index contributed by atoms with van der Waals surface area (Å²) in [5.41, 5.74) is 1.86. The first-order valence-corrected chi connectivity index (χ1v) is 5.83. The number of carboxylic acid groups (broad SMARTS) is 1. The summed E-state index contributed by atoms with van der Waals surface area (Å²) in [5, 5.41) is 8.91. The molecule has 100 valence electrons. The number of hydrogen-bond donors (Lipinski definition) is 3. The smallest absolute Gasteiger partial charge is 0.337 e. The average Bonchev–Trinajstić information content (AvgIpc) is 2.80. The molecule has 0 atom stereocenters. The van der Waals surface area contributed by atoms with Crippen molar-refractivity contribution in [3.8, 4) is 11.4 Å². The second-order valence-corrected chi connectivity index (χ2v) is 4.38. The highest BCUT2D eigenvalue weighted by Gasteiger charge is 2.12. The third kappa shape index (κ3) is 1.95. The molecule has 0 aliphatic heterocycles. The zero-order valence-corrected chi connectivity index (χ0v) is 10.5. The van der Waals surface area contributed by atoms with Crippen LogP contribution in [0.3, 0.4) is 0 Å². The molecule has 0 radical (unpaired) electrons. The molecule has 0 amide bonds. The number of carboxylic acids is 1. The number of nitrogens with zero attached hydrogens (tertiary/aromatic N) is 2. The molecule has 3 rings (SSSR count). The van der Waals surface area contributed by atoms with E-state index in [9.17, 15) is 9.59 Å². The van der Waals surface area contributed by atoms with Crippen molar-refractivity contribution >= 4 is 17.1 Å². The lowest BCUT2D eigenvalue weighted by atomic mass is 10.2. The van der Waals surface area contributed by atoms with Gasteiger partial charge in [-0.1, -0.05) is 0 Å². The largest absolute Gasteiger partial charge is 0.478 e. The SMILES string of the molecule is Cc1cc(=O)c(-c2nc3ncc(C(=O)O)cc3[nH]2)c[nH]1.